The van der Waals surface area contributed by atoms with Crippen LogP contribution < -0.4 is 4.74 Å². The fourth-order valence-electron chi connectivity index (χ4n) is 2.12. The second-order valence-electron chi connectivity index (χ2n) is 4.66. The highest BCUT2D eigenvalue weighted by atomic mass is 16.5. The summed E-state index contributed by atoms with van der Waals surface area (Å²) in [4.78, 5) is 15.5. The van der Waals surface area contributed by atoms with Crippen LogP contribution in [0.3, 0.4) is 0 Å². The minimum Gasteiger partial charge on any atom is -0.478 e. The number of benzene rings is 1. The predicted molar refractivity (Wildman–Crippen MR) is 72.6 cm³/mol. The quantitative estimate of drug-likeness (QED) is 0.870. The van der Waals surface area contributed by atoms with Crippen LogP contribution in [0.1, 0.15) is 17.3 Å². The van der Waals surface area contributed by atoms with Crippen molar-refractivity contribution in [2.75, 3.05) is 39.5 Å². The second kappa shape index (κ2) is 6.54. The van der Waals surface area contributed by atoms with Crippen molar-refractivity contribution in [3.8, 4) is 5.75 Å². The Morgan fingerprint density at radius 1 is 1.26 bits per heavy atom. The van der Waals surface area contributed by atoms with Crippen molar-refractivity contribution < 1.29 is 14.6 Å². The first-order chi connectivity index (χ1) is 9.19. The Hall–Kier alpha value is -1.59. The molecular formula is C14H20N2O3. The van der Waals surface area contributed by atoms with E-state index in [0.29, 0.717) is 12.5 Å². The minimum absolute atomic E-state index is 0.258. The van der Waals surface area contributed by atoms with E-state index < -0.39 is 5.97 Å². The lowest BCUT2D eigenvalue weighted by molar-refractivity contribution is 0.0670. The van der Waals surface area contributed by atoms with E-state index in [2.05, 4.69) is 16.7 Å². The van der Waals surface area contributed by atoms with Crippen molar-refractivity contribution in [3.63, 3.8) is 0 Å². The van der Waals surface area contributed by atoms with Gasteiger partial charge in [0, 0.05) is 26.2 Å². The molecule has 5 nitrogen and oxygen atoms in total. The Morgan fingerprint density at radius 2 is 1.95 bits per heavy atom. The number of carbonyl (C=O) groups is 1. The lowest BCUT2D eigenvalue weighted by Gasteiger charge is -2.33. The maximum atomic E-state index is 10.9. The smallest absolute Gasteiger partial charge is 0.335 e. The number of piperazine rings is 1. The Morgan fingerprint density at radius 3 is 2.58 bits per heavy atom. The Kier molecular flexibility index (Phi) is 4.76. The molecule has 0 bridgehead atoms. The summed E-state index contributed by atoms with van der Waals surface area (Å²) in [6.07, 6.45) is 0. The standard InChI is InChI=1S/C14H20N2O3/c1-2-15-6-8-16(9-7-15)11-19-13-5-3-4-12(10-13)14(17)18/h3-5,10H,2,6-9,11H2,1H3,(H,17,18). The summed E-state index contributed by atoms with van der Waals surface area (Å²) >= 11 is 0. The molecule has 1 aliphatic rings. The van der Waals surface area contributed by atoms with Crippen LogP contribution in [0, 0.1) is 0 Å². The topological polar surface area (TPSA) is 53.0 Å². The van der Waals surface area contributed by atoms with Crippen LogP contribution >= 0.6 is 0 Å². The van der Waals surface area contributed by atoms with Gasteiger partial charge >= 0.3 is 5.97 Å². The Labute approximate surface area is 113 Å². The van der Waals surface area contributed by atoms with Gasteiger partial charge in [-0.05, 0) is 24.7 Å². The molecule has 1 fully saturated rings. The number of hydrogen-bond acceptors (Lipinski definition) is 4. The molecule has 1 N–H and O–H groups in total. The predicted octanol–water partition coefficient (Wildman–Crippen LogP) is 1.36. The van der Waals surface area contributed by atoms with Gasteiger partial charge in [0.1, 0.15) is 12.5 Å². The molecule has 0 radical (unpaired) electrons. The summed E-state index contributed by atoms with van der Waals surface area (Å²) < 4.78 is 5.65. The van der Waals surface area contributed by atoms with Crippen molar-refractivity contribution in [1.82, 2.24) is 9.80 Å². The highest BCUT2D eigenvalue weighted by Crippen LogP contribution is 2.14. The normalized spacial score (nSPS) is 17.3. The second-order valence-corrected chi connectivity index (χ2v) is 4.66. The van der Waals surface area contributed by atoms with E-state index in [1.54, 1.807) is 24.3 Å². The van der Waals surface area contributed by atoms with Crippen LogP contribution in [0.2, 0.25) is 0 Å². The highest BCUT2D eigenvalue weighted by molar-refractivity contribution is 5.87. The Balaban J connectivity index is 1.82. The zero-order valence-corrected chi connectivity index (χ0v) is 11.2. The van der Waals surface area contributed by atoms with Crippen molar-refractivity contribution in [1.29, 1.82) is 0 Å². The number of carboxylic acids is 1. The molecule has 2 rings (SSSR count). The number of aromatic carboxylic acids is 1. The van der Waals surface area contributed by atoms with Gasteiger partial charge in [0.15, 0.2) is 0 Å². The molecule has 1 aromatic carbocycles. The zero-order valence-electron chi connectivity index (χ0n) is 11.2. The van der Waals surface area contributed by atoms with E-state index in [1.165, 1.54) is 0 Å². The van der Waals surface area contributed by atoms with E-state index in [9.17, 15) is 4.79 Å². The number of hydrogen-bond donors (Lipinski definition) is 1. The summed E-state index contributed by atoms with van der Waals surface area (Å²) in [5.74, 6) is -0.320. The van der Waals surface area contributed by atoms with Gasteiger partial charge in [-0.3, -0.25) is 4.90 Å². The molecule has 0 aromatic heterocycles. The molecule has 0 saturated carbocycles. The zero-order chi connectivity index (χ0) is 13.7. The van der Waals surface area contributed by atoms with E-state index in [4.69, 9.17) is 9.84 Å². The monoisotopic (exact) mass is 264 g/mol. The maximum absolute atomic E-state index is 10.9. The third kappa shape index (κ3) is 3.94. The number of rotatable bonds is 5. The van der Waals surface area contributed by atoms with Crippen molar-refractivity contribution >= 4 is 5.97 Å². The fraction of sp³-hybridized carbons (Fsp3) is 0.500. The van der Waals surface area contributed by atoms with Gasteiger partial charge in [0.05, 0.1) is 5.56 Å². The molecular weight excluding hydrogens is 244 g/mol. The van der Waals surface area contributed by atoms with E-state index in [0.717, 1.165) is 32.7 Å². The van der Waals surface area contributed by atoms with Gasteiger partial charge in [-0.2, -0.15) is 0 Å². The average Bonchev–Trinajstić information content (AvgIpc) is 2.46. The summed E-state index contributed by atoms with van der Waals surface area (Å²) in [5.41, 5.74) is 0.258. The van der Waals surface area contributed by atoms with Crippen molar-refractivity contribution in [2.24, 2.45) is 0 Å². The van der Waals surface area contributed by atoms with Gasteiger partial charge in [0.25, 0.3) is 0 Å². The largest absolute Gasteiger partial charge is 0.478 e. The van der Waals surface area contributed by atoms with Gasteiger partial charge in [-0.25, -0.2) is 4.79 Å². The first kappa shape index (κ1) is 13.8. The summed E-state index contributed by atoms with van der Waals surface area (Å²) in [6.45, 7) is 7.89. The maximum Gasteiger partial charge on any atom is 0.335 e. The molecule has 1 heterocycles. The van der Waals surface area contributed by atoms with Crippen LogP contribution in [0.25, 0.3) is 0 Å². The molecule has 0 amide bonds. The third-order valence-corrected chi connectivity index (χ3v) is 3.41. The van der Waals surface area contributed by atoms with Crippen LogP contribution in [0.4, 0.5) is 0 Å². The van der Waals surface area contributed by atoms with Gasteiger partial charge < -0.3 is 14.7 Å². The van der Waals surface area contributed by atoms with Crippen molar-refractivity contribution in [3.05, 3.63) is 29.8 Å². The molecule has 5 heteroatoms. The lowest BCUT2D eigenvalue weighted by Crippen LogP contribution is -2.47. The van der Waals surface area contributed by atoms with Crippen LogP contribution in [0.5, 0.6) is 5.75 Å². The summed E-state index contributed by atoms with van der Waals surface area (Å²) in [7, 11) is 0. The van der Waals surface area contributed by atoms with Gasteiger partial charge in [-0.15, -0.1) is 0 Å². The molecule has 0 spiro atoms. The van der Waals surface area contributed by atoms with Crippen LogP contribution in [-0.4, -0.2) is 60.3 Å². The van der Waals surface area contributed by atoms with Gasteiger partial charge in [-0.1, -0.05) is 13.0 Å². The number of carboxylic acid groups (broad SMARTS) is 1. The SMILES string of the molecule is CCN1CCN(COc2cccc(C(=O)O)c2)CC1. The van der Waals surface area contributed by atoms with Crippen LogP contribution in [0.15, 0.2) is 24.3 Å². The molecule has 19 heavy (non-hydrogen) atoms. The van der Waals surface area contributed by atoms with E-state index >= 15 is 0 Å². The highest BCUT2D eigenvalue weighted by Gasteiger charge is 2.15. The van der Waals surface area contributed by atoms with Gasteiger partial charge in [0.2, 0.25) is 0 Å². The molecule has 0 aliphatic carbocycles. The Bertz CT molecular complexity index is 428. The molecule has 1 aliphatic heterocycles. The van der Waals surface area contributed by atoms with Crippen LogP contribution in [-0.2, 0) is 0 Å². The molecule has 1 aromatic rings. The molecule has 104 valence electrons. The number of likely N-dealkylation sites (N-methyl/N-ethyl adjacent to an activating group) is 1. The average molecular weight is 264 g/mol. The summed E-state index contributed by atoms with van der Waals surface area (Å²) in [6, 6.07) is 6.61. The number of ether oxygens (including phenoxy) is 1. The van der Waals surface area contributed by atoms with Crippen molar-refractivity contribution in [2.45, 2.75) is 6.92 Å². The lowest BCUT2D eigenvalue weighted by atomic mass is 10.2. The first-order valence-electron chi connectivity index (χ1n) is 6.60. The minimum atomic E-state index is -0.929. The molecule has 0 unspecified atom stereocenters. The van der Waals surface area contributed by atoms with E-state index in [-0.39, 0.29) is 5.56 Å². The fourth-order valence-corrected chi connectivity index (χ4v) is 2.12. The molecule has 0 atom stereocenters. The van der Waals surface area contributed by atoms with E-state index in [1.807, 2.05) is 0 Å². The summed E-state index contributed by atoms with van der Waals surface area (Å²) in [5, 5.41) is 8.91. The number of nitrogens with zero attached hydrogens (tertiary/aromatic N) is 2. The molecule has 1 saturated heterocycles. The first-order valence-corrected chi connectivity index (χ1v) is 6.60. The third-order valence-electron chi connectivity index (χ3n) is 3.41.